The Balaban J connectivity index is 1.70. The van der Waals surface area contributed by atoms with Crippen molar-refractivity contribution in [1.29, 1.82) is 0 Å². The van der Waals surface area contributed by atoms with Gasteiger partial charge in [-0.15, -0.1) is 6.58 Å². The molecule has 0 N–H and O–H groups in total. The van der Waals surface area contributed by atoms with E-state index in [-0.39, 0.29) is 0 Å². The largest absolute Gasteiger partial charge is 0.377 e. The average Bonchev–Trinajstić information content (AvgIpc) is 2.63. The van der Waals surface area contributed by atoms with Crippen LogP contribution in [0.2, 0.25) is 0 Å². The normalized spacial score (nSPS) is 21.2. The minimum absolute atomic E-state index is 0.731. The van der Waals surface area contributed by atoms with E-state index in [1.165, 1.54) is 49.7 Å². The second-order valence-electron chi connectivity index (χ2n) is 7.09. The fourth-order valence-electron chi connectivity index (χ4n) is 3.69. The molecule has 0 radical (unpaired) electrons. The summed E-state index contributed by atoms with van der Waals surface area (Å²) in [6, 6.07) is 9.16. The van der Waals surface area contributed by atoms with Crippen LogP contribution in [0.1, 0.15) is 75.3 Å². The molecule has 0 saturated heterocycles. The van der Waals surface area contributed by atoms with E-state index in [4.69, 9.17) is 4.74 Å². The van der Waals surface area contributed by atoms with Gasteiger partial charge in [-0.3, -0.25) is 0 Å². The number of hydrogen-bond donors (Lipinski definition) is 0. The molecule has 2 rings (SSSR count). The van der Waals surface area contributed by atoms with Crippen molar-refractivity contribution < 1.29 is 4.74 Å². The monoisotopic (exact) mass is 326 g/mol. The lowest BCUT2D eigenvalue weighted by molar-refractivity contribution is 0.119. The fraction of sp³-hybridized carbons (Fsp3) is 0.565. The molecule has 0 aromatic heterocycles. The molecule has 0 unspecified atom stereocenters. The van der Waals surface area contributed by atoms with Crippen LogP contribution >= 0.6 is 0 Å². The van der Waals surface area contributed by atoms with Gasteiger partial charge in [0.15, 0.2) is 0 Å². The summed E-state index contributed by atoms with van der Waals surface area (Å²) in [4.78, 5) is 0. The molecular weight excluding hydrogens is 292 g/mol. The van der Waals surface area contributed by atoms with E-state index in [1.807, 2.05) is 6.08 Å². The number of rotatable bonds is 10. The van der Waals surface area contributed by atoms with Crippen LogP contribution in [-0.2, 0) is 11.3 Å². The third-order valence-corrected chi connectivity index (χ3v) is 5.24. The van der Waals surface area contributed by atoms with Gasteiger partial charge in [0.25, 0.3) is 0 Å². The smallest absolute Gasteiger partial charge is 0.0716 e. The first-order valence-corrected chi connectivity index (χ1v) is 9.72. The van der Waals surface area contributed by atoms with E-state index >= 15 is 0 Å². The highest BCUT2D eigenvalue weighted by molar-refractivity contribution is 5.25. The van der Waals surface area contributed by atoms with Crippen molar-refractivity contribution in [3.8, 4) is 0 Å². The van der Waals surface area contributed by atoms with Gasteiger partial charge in [0.1, 0.15) is 0 Å². The number of allylic oxidation sites excluding steroid dienone is 3. The third kappa shape index (κ3) is 6.65. The summed E-state index contributed by atoms with van der Waals surface area (Å²) in [6.45, 7) is 7.41. The van der Waals surface area contributed by atoms with Gasteiger partial charge in [-0.1, -0.05) is 42.5 Å². The van der Waals surface area contributed by atoms with Crippen molar-refractivity contribution in [3.63, 3.8) is 0 Å². The molecule has 0 amide bonds. The van der Waals surface area contributed by atoms with E-state index in [0.29, 0.717) is 0 Å². The summed E-state index contributed by atoms with van der Waals surface area (Å²) in [5, 5.41) is 0. The predicted octanol–water partition coefficient (Wildman–Crippen LogP) is 6.80. The molecule has 0 spiro atoms. The third-order valence-electron chi connectivity index (χ3n) is 5.24. The highest BCUT2D eigenvalue weighted by atomic mass is 16.5. The molecule has 1 aliphatic rings. The molecule has 1 nitrogen and oxygen atoms in total. The Bertz CT molecular complexity index is 477. The molecule has 1 heteroatoms. The van der Waals surface area contributed by atoms with Crippen molar-refractivity contribution in [2.45, 2.75) is 70.8 Å². The van der Waals surface area contributed by atoms with E-state index < -0.39 is 0 Å². The van der Waals surface area contributed by atoms with Crippen LogP contribution in [0.4, 0.5) is 0 Å². The minimum atomic E-state index is 0.731. The van der Waals surface area contributed by atoms with Gasteiger partial charge >= 0.3 is 0 Å². The first-order chi connectivity index (χ1) is 11.8. The van der Waals surface area contributed by atoms with Crippen molar-refractivity contribution >= 4 is 0 Å². The number of hydrogen-bond acceptors (Lipinski definition) is 1. The number of benzene rings is 1. The first kappa shape index (κ1) is 19.0. The summed E-state index contributed by atoms with van der Waals surface area (Å²) < 4.78 is 5.71. The highest BCUT2D eigenvalue weighted by Crippen LogP contribution is 2.37. The van der Waals surface area contributed by atoms with Gasteiger partial charge in [-0.05, 0) is 81.3 Å². The zero-order valence-electron chi connectivity index (χ0n) is 15.4. The van der Waals surface area contributed by atoms with Crippen LogP contribution in [0, 0.1) is 5.92 Å². The molecule has 132 valence electrons. The molecule has 1 fully saturated rings. The van der Waals surface area contributed by atoms with Crippen LogP contribution in [0.5, 0.6) is 0 Å². The summed E-state index contributed by atoms with van der Waals surface area (Å²) in [7, 11) is 0. The van der Waals surface area contributed by atoms with E-state index in [0.717, 1.165) is 37.9 Å². The van der Waals surface area contributed by atoms with E-state index in [2.05, 4.69) is 49.9 Å². The fourth-order valence-corrected chi connectivity index (χ4v) is 3.69. The molecule has 0 bridgehead atoms. The summed E-state index contributed by atoms with van der Waals surface area (Å²) in [5.74, 6) is 1.71. The average molecular weight is 327 g/mol. The van der Waals surface area contributed by atoms with Crippen molar-refractivity contribution in [2.24, 2.45) is 5.92 Å². The van der Waals surface area contributed by atoms with Gasteiger partial charge in [0.05, 0.1) is 6.61 Å². The Morgan fingerprint density at radius 2 is 1.83 bits per heavy atom. The maximum Gasteiger partial charge on any atom is 0.0716 e. The summed E-state index contributed by atoms with van der Waals surface area (Å²) >= 11 is 0. The maximum atomic E-state index is 5.71. The first-order valence-electron chi connectivity index (χ1n) is 9.72. The Kier molecular flexibility index (Phi) is 8.91. The van der Waals surface area contributed by atoms with Crippen LogP contribution < -0.4 is 0 Å². The topological polar surface area (TPSA) is 9.23 Å². The molecule has 24 heavy (non-hydrogen) atoms. The SMILES string of the molecule is C=CCCCOCc1ccc([C@H]2CC[C@H](CC/C=C/C)CC2)cc1. The van der Waals surface area contributed by atoms with Gasteiger partial charge in [-0.2, -0.15) is 0 Å². The van der Waals surface area contributed by atoms with Crippen LogP contribution in [0.15, 0.2) is 49.1 Å². The summed E-state index contributed by atoms with van der Waals surface area (Å²) in [5.41, 5.74) is 2.81. The molecule has 1 aromatic rings. The quantitative estimate of drug-likeness (QED) is 0.339. The second kappa shape index (κ2) is 11.3. The molecule has 1 aliphatic carbocycles. The van der Waals surface area contributed by atoms with Gasteiger partial charge < -0.3 is 4.74 Å². The van der Waals surface area contributed by atoms with Crippen LogP contribution in [0.25, 0.3) is 0 Å². The Hall–Kier alpha value is -1.34. The Morgan fingerprint density at radius 1 is 1.08 bits per heavy atom. The lowest BCUT2D eigenvalue weighted by atomic mass is 9.77. The standard InChI is InChI=1S/C23H34O/c1-3-5-7-9-20-10-14-22(15-11-20)23-16-12-21(13-17-23)19-24-18-8-6-4-2/h3-5,12-13,16-17,20,22H,2,6-11,14-15,18-19H2,1H3/b5-3+/t20-,22-. The summed E-state index contributed by atoms with van der Waals surface area (Å²) in [6.07, 6.45) is 16.7. The molecular formula is C23H34O. The minimum Gasteiger partial charge on any atom is -0.377 e. The van der Waals surface area contributed by atoms with Crippen molar-refractivity contribution in [3.05, 3.63) is 60.2 Å². The molecule has 1 saturated carbocycles. The van der Waals surface area contributed by atoms with Gasteiger partial charge in [0, 0.05) is 6.61 Å². The second-order valence-corrected chi connectivity index (χ2v) is 7.09. The zero-order valence-corrected chi connectivity index (χ0v) is 15.4. The number of unbranched alkanes of at least 4 members (excludes halogenated alkanes) is 1. The highest BCUT2D eigenvalue weighted by Gasteiger charge is 2.21. The predicted molar refractivity (Wildman–Crippen MR) is 104 cm³/mol. The zero-order chi connectivity index (χ0) is 17.0. The lowest BCUT2D eigenvalue weighted by Crippen LogP contribution is -2.13. The molecule has 0 heterocycles. The van der Waals surface area contributed by atoms with Crippen LogP contribution in [-0.4, -0.2) is 6.61 Å². The Morgan fingerprint density at radius 3 is 2.50 bits per heavy atom. The van der Waals surface area contributed by atoms with Crippen molar-refractivity contribution in [2.75, 3.05) is 6.61 Å². The number of ether oxygens (including phenoxy) is 1. The van der Waals surface area contributed by atoms with Gasteiger partial charge in [0.2, 0.25) is 0 Å². The molecule has 1 aromatic carbocycles. The van der Waals surface area contributed by atoms with Crippen molar-refractivity contribution in [1.82, 2.24) is 0 Å². The Labute approximate surface area is 148 Å². The molecule has 0 aliphatic heterocycles. The maximum absolute atomic E-state index is 5.71. The lowest BCUT2D eigenvalue weighted by Gasteiger charge is -2.28. The van der Waals surface area contributed by atoms with E-state index in [1.54, 1.807) is 0 Å². The van der Waals surface area contributed by atoms with Gasteiger partial charge in [-0.25, -0.2) is 0 Å². The van der Waals surface area contributed by atoms with Crippen LogP contribution in [0.3, 0.4) is 0 Å². The molecule has 0 atom stereocenters. The van der Waals surface area contributed by atoms with E-state index in [9.17, 15) is 0 Å².